The third kappa shape index (κ3) is 8.42. The molecule has 0 saturated heterocycles. The zero-order chi connectivity index (χ0) is 42.6. The number of rotatable bonds is 10. The Morgan fingerprint density at radius 3 is 0.655 bits per heavy atom. The molecule has 0 saturated carbocycles. The number of hydrogen-bond acceptors (Lipinski definition) is 0. The summed E-state index contributed by atoms with van der Waals surface area (Å²) in [4.78, 5) is 0. The van der Waals surface area contributed by atoms with E-state index in [1.165, 1.54) is 16.7 Å². The molecule has 3 aromatic rings. The molecule has 0 aromatic heterocycles. The summed E-state index contributed by atoms with van der Waals surface area (Å²) >= 11 is 0. The van der Waals surface area contributed by atoms with Gasteiger partial charge in [-0.3, -0.25) is 0 Å². The van der Waals surface area contributed by atoms with Gasteiger partial charge in [0.2, 0.25) is 0 Å². The Labute approximate surface area is 348 Å². The first-order valence-electron chi connectivity index (χ1n) is 21.3. The van der Waals surface area contributed by atoms with Crippen molar-refractivity contribution >= 4 is 103 Å². The van der Waals surface area contributed by atoms with E-state index in [1.54, 1.807) is 69.0 Å². The molecule has 0 radical (unpaired) electrons. The molecule has 0 heterocycles. The second-order valence-electron chi connectivity index (χ2n) is 24.0. The Morgan fingerprint density at radius 2 is 0.473 bits per heavy atom. The summed E-state index contributed by atoms with van der Waals surface area (Å²) in [6.45, 7) is 64.7. The van der Waals surface area contributed by atoms with Crippen LogP contribution in [-0.2, 0) is 0 Å². The highest BCUT2D eigenvalue weighted by Gasteiger charge is 2.56. The second kappa shape index (κ2) is 14.7. The lowest BCUT2D eigenvalue weighted by Crippen LogP contribution is -2.83. The number of allylic oxidation sites excluding steroid dienone is 4. The molecule has 0 amide bonds. The van der Waals surface area contributed by atoms with Gasteiger partial charge < -0.3 is 0 Å². The summed E-state index contributed by atoms with van der Waals surface area (Å²) in [7, 11) is -13.9. The van der Waals surface area contributed by atoms with Crippen LogP contribution in [-0.4, -0.2) is 56.5 Å². The van der Waals surface area contributed by atoms with Crippen LogP contribution < -0.4 is 46.7 Å². The lowest BCUT2D eigenvalue weighted by molar-refractivity contribution is 1.09. The standard InChI is InChI=1S/C48H82Si7/c1-32-26-42(52(17,18)19)45(29-39(32)49(8,9)10)55(48-37(6)35(4)36(5)38(48)7,46-30-40(50(11,12)13)33(2)27-43(46)53(20,21)22)47-31-41(51(14,15)16)34(3)28-44(47)54(23,24)25/h26-31,48H,1-25H3. The molecule has 0 spiro atoms. The molecule has 7 heteroatoms. The molecule has 0 aliphatic heterocycles. The molecule has 1 aliphatic rings. The van der Waals surface area contributed by atoms with E-state index in [2.05, 4.69) is 203 Å². The molecule has 302 valence electrons. The van der Waals surface area contributed by atoms with E-state index in [1.807, 2.05) is 0 Å². The van der Waals surface area contributed by atoms with E-state index in [0.29, 0.717) is 5.54 Å². The van der Waals surface area contributed by atoms with Crippen molar-refractivity contribution in [1.82, 2.24) is 0 Å². The van der Waals surface area contributed by atoms with Crippen LogP contribution >= 0.6 is 0 Å². The van der Waals surface area contributed by atoms with Crippen molar-refractivity contribution < 1.29 is 0 Å². The number of benzene rings is 3. The fourth-order valence-corrected chi connectivity index (χ4v) is 32.1. The van der Waals surface area contributed by atoms with Gasteiger partial charge in [-0.05, 0) is 75.2 Å². The zero-order valence-electron chi connectivity index (χ0n) is 40.5. The first kappa shape index (κ1) is 46.3. The van der Waals surface area contributed by atoms with Gasteiger partial charge in [0.25, 0.3) is 0 Å². The Kier molecular flexibility index (Phi) is 12.4. The van der Waals surface area contributed by atoms with Crippen LogP contribution in [0.4, 0.5) is 0 Å². The minimum Gasteiger partial charge on any atom is -0.0656 e. The van der Waals surface area contributed by atoms with E-state index < -0.39 is 56.5 Å². The molecule has 3 aromatic carbocycles. The molecule has 55 heavy (non-hydrogen) atoms. The van der Waals surface area contributed by atoms with Gasteiger partial charge in [0, 0.05) is 5.54 Å². The predicted molar refractivity (Wildman–Crippen MR) is 277 cm³/mol. The lowest BCUT2D eigenvalue weighted by atomic mass is 10.1. The minimum absolute atomic E-state index is 0.374. The van der Waals surface area contributed by atoms with Gasteiger partial charge in [0.05, 0.1) is 48.4 Å². The average molecular weight is 856 g/mol. The molecule has 0 atom stereocenters. The van der Waals surface area contributed by atoms with Gasteiger partial charge in [0.15, 0.2) is 8.07 Å². The highest BCUT2D eigenvalue weighted by molar-refractivity contribution is 7.20. The van der Waals surface area contributed by atoms with E-state index in [0.717, 1.165) is 0 Å². The highest BCUT2D eigenvalue weighted by atomic mass is 28.3. The van der Waals surface area contributed by atoms with Crippen molar-refractivity contribution in [2.45, 2.75) is 172 Å². The predicted octanol–water partition coefficient (Wildman–Crippen LogP) is 9.41. The fraction of sp³-hybridized carbons (Fsp3) is 0.542. The maximum absolute atomic E-state index is 3.01. The summed E-state index contributed by atoms with van der Waals surface area (Å²) in [5.74, 6) is 0. The average Bonchev–Trinajstić information content (AvgIpc) is 3.17. The minimum atomic E-state index is -3.01. The third-order valence-electron chi connectivity index (χ3n) is 13.3. The Hall–Kier alpha value is -1.34. The van der Waals surface area contributed by atoms with Crippen molar-refractivity contribution in [3.63, 3.8) is 0 Å². The fourth-order valence-electron chi connectivity index (χ4n) is 10.3. The maximum atomic E-state index is 2.93. The van der Waals surface area contributed by atoms with Crippen LogP contribution in [0.3, 0.4) is 0 Å². The van der Waals surface area contributed by atoms with Gasteiger partial charge in [-0.1, -0.05) is 213 Å². The molecule has 1 aliphatic carbocycles. The molecule has 0 nitrogen and oxygen atoms in total. The normalized spacial score (nSPS) is 15.9. The molecular formula is C48H82Si7. The van der Waals surface area contributed by atoms with Gasteiger partial charge in [-0.2, -0.15) is 0 Å². The van der Waals surface area contributed by atoms with E-state index >= 15 is 0 Å². The van der Waals surface area contributed by atoms with Crippen LogP contribution in [0.2, 0.25) is 123 Å². The van der Waals surface area contributed by atoms with Gasteiger partial charge in [0.1, 0.15) is 0 Å². The molecule has 0 unspecified atom stereocenters. The van der Waals surface area contributed by atoms with Crippen molar-refractivity contribution in [2.24, 2.45) is 0 Å². The monoisotopic (exact) mass is 854 g/mol. The number of hydrogen-bond donors (Lipinski definition) is 0. The quantitative estimate of drug-likeness (QED) is 0.141. The molecule has 0 fully saturated rings. The van der Waals surface area contributed by atoms with Crippen LogP contribution in [0.25, 0.3) is 0 Å². The summed E-state index contributed by atoms with van der Waals surface area (Å²) in [5, 5.41) is 15.6. The van der Waals surface area contributed by atoms with Crippen molar-refractivity contribution in [1.29, 1.82) is 0 Å². The van der Waals surface area contributed by atoms with Gasteiger partial charge in [-0.15, -0.1) is 0 Å². The summed E-state index contributed by atoms with van der Waals surface area (Å²) in [6, 6.07) is 17.1. The van der Waals surface area contributed by atoms with Gasteiger partial charge >= 0.3 is 0 Å². The van der Waals surface area contributed by atoms with Crippen LogP contribution in [0, 0.1) is 20.8 Å². The smallest absolute Gasteiger partial charge is 0.0656 e. The first-order valence-corrected chi connectivity index (χ1v) is 44.4. The number of aryl methyl sites for hydroxylation is 3. The SMILES string of the molecule is CC1=C(C)C([Si](c2cc([Si](C)(C)C)c(C)cc2[Si](C)(C)C)(c2cc([Si](C)(C)C)c(C)cc2[Si](C)(C)C)c2cc([Si](C)(C)C)c(C)cc2[Si](C)(C)C)C(C)=C1C. The zero-order valence-corrected chi connectivity index (χ0v) is 47.5. The molecule has 0 N–H and O–H groups in total. The largest absolute Gasteiger partial charge is 0.158 e. The Morgan fingerprint density at radius 1 is 0.273 bits per heavy atom. The van der Waals surface area contributed by atoms with Crippen LogP contribution in [0.1, 0.15) is 44.4 Å². The van der Waals surface area contributed by atoms with E-state index in [-0.39, 0.29) is 0 Å². The van der Waals surface area contributed by atoms with Crippen LogP contribution in [0.5, 0.6) is 0 Å². The van der Waals surface area contributed by atoms with E-state index in [4.69, 9.17) is 0 Å². The Bertz CT molecular complexity index is 1850. The second-order valence-corrected chi connectivity index (χ2v) is 58.0. The third-order valence-corrected chi connectivity index (χ3v) is 32.1. The summed E-state index contributed by atoms with van der Waals surface area (Å²) < 4.78 is 0. The van der Waals surface area contributed by atoms with Crippen LogP contribution in [0.15, 0.2) is 58.7 Å². The van der Waals surface area contributed by atoms with Gasteiger partial charge in [-0.25, -0.2) is 0 Å². The topological polar surface area (TPSA) is 0 Å². The Balaban J connectivity index is 2.72. The first-order chi connectivity index (χ1) is 24.5. The molecule has 0 bridgehead atoms. The summed E-state index contributed by atoms with van der Waals surface area (Å²) in [6.07, 6.45) is 0. The molecule has 4 rings (SSSR count). The van der Waals surface area contributed by atoms with Crippen molar-refractivity contribution in [3.05, 3.63) is 75.4 Å². The van der Waals surface area contributed by atoms with Crippen molar-refractivity contribution in [3.8, 4) is 0 Å². The molecular weight excluding hydrogens is 773 g/mol. The van der Waals surface area contributed by atoms with E-state index in [9.17, 15) is 0 Å². The van der Waals surface area contributed by atoms with Crippen molar-refractivity contribution in [2.75, 3.05) is 0 Å². The summed E-state index contributed by atoms with van der Waals surface area (Å²) in [5.41, 5.74) is 11.4. The highest BCUT2D eigenvalue weighted by Crippen LogP contribution is 2.46. The maximum Gasteiger partial charge on any atom is 0.158 e. The lowest BCUT2D eigenvalue weighted by Gasteiger charge is -2.49.